The Labute approximate surface area is 135 Å². The summed E-state index contributed by atoms with van der Waals surface area (Å²) in [5, 5.41) is 0. The van der Waals surface area contributed by atoms with Crippen molar-refractivity contribution in [2.45, 2.75) is 104 Å². The summed E-state index contributed by atoms with van der Waals surface area (Å²) in [6.07, 6.45) is 11.5. The quantitative estimate of drug-likeness (QED) is 0.253. The average Bonchev–Trinajstić information content (AvgIpc) is 2.45. The van der Waals surface area contributed by atoms with E-state index in [1.54, 1.807) is 0 Å². The Bertz CT molecular complexity index is 289. The van der Waals surface area contributed by atoms with Gasteiger partial charge in [-0.25, -0.2) is 0 Å². The van der Waals surface area contributed by atoms with Crippen LogP contribution in [-0.4, -0.2) is 18.2 Å². The molecule has 4 nitrogen and oxygen atoms in total. The van der Waals surface area contributed by atoms with Crippen LogP contribution in [0.3, 0.4) is 0 Å². The number of ether oxygens (including phenoxy) is 2. The molecule has 0 bridgehead atoms. The molecule has 0 rings (SSSR count). The largest absolute Gasteiger partial charge is 0.425 e. The summed E-state index contributed by atoms with van der Waals surface area (Å²) < 4.78 is 10.4. The first-order valence-electron chi connectivity index (χ1n) is 8.96. The van der Waals surface area contributed by atoms with Gasteiger partial charge in [0.05, 0.1) is 0 Å². The zero-order chi connectivity index (χ0) is 16.6. The number of rotatable bonds is 14. The molecule has 0 aliphatic carbocycles. The molecule has 0 saturated heterocycles. The van der Waals surface area contributed by atoms with Gasteiger partial charge in [-0.15, -0.1) is 0 Å². The minimum atomic E-state index is -0.706. The molecule has 0 heterocycles. The van der Waals surface area contributed by atoms with E-state index in [2.05, 4.69) is 13.8 Å². The molecule has 0 amide bonds. The summed E-state index contributed by atoms with van der Waals surface area (Å²) in [6, 6.07) is 0. The van der Waals surface area contributed by atoms with Crippen LogP contribution < -0.4 is 0 Å². The molecule has 0 aromatic rings. The third kappa shape index (κ3) is 13.9. The van der Waals surface area contributed by atoms with Gasteiger partial charge >= 0.3 is 11.9 Å². The molecule has 0 saturated carbocycles. The molecule has 0 radical (unpaired) electrons. The van der Waals surface area contributed by atoms with Gasteiger partial charge in [0.15, 0.2) is 0 Å². The Kier molecular flexibility index (Phi) is 14.1. The van der Waals surface area contributed by atoms with E-state index in [1.807, 2.05) is 0 Å². The van der Waals surface area contributed by atoms with Crippen LogP contribution in [0.4, 0.5) is 0 Å². The van der Waals surface area contributed by atoms with Gasteiger partial charge in [0.1, 0.15) is 0 Å². The molecule has 0 spiro atoms. The fourth-order valence-corrected chi connectivity index (χ4v) is 2.32. The third-order valence-corrected chi connectivity index (χ3v) is 3.59. The van der Waals surface area contributed by atoms with Gasteiger partial charge in [0.25, 0.3) is 0 Å². The molecule has 0 fully saturated rings. The zero-order valence-corrected chi connectivity index (χ0v) is 14.7. The highest BCUT2D eigenvalue weighted by Crippen LogP contribution is 2.13. The highest BCUT2D eigenvalue weighted by Gasteiger charge is 2.16. The molecule has 4 heteroatoms. The van der Waals surface area contributed by atoms with E-state index >= 15 is 0 Å². The highest BCUT2D eigenvalue weighted by molar-refractivity contribution is 5.70. The maximum Gasteiger partial charge on any atom is 0.308 e. The van der Waals surface area contributed by atoms with E-state index in [0.717, 1.165) is 32.1 Å². The van der Waals surface area contributed by atoms with Crippen molar-refractivity contribution in [2.24, 2.45) is 0 Å². The SMILES string of the molecule is CCCCCCCCCC(OC(C)=O)OC(=O)CCCCC. The van der Waals surface area contributed by atoms with Crippen molar-refractivity contribution in [3.05, 3.63) is 0 Å². The van der Waals surface area contributed by atoms with Crippen molar-refractivity contribution in [1.82, 2.24) is 0 Å². The fraction of sp³-hybridized carbons (Fsp3) is 0.889. The summed E-state index contributed by atoms with van der Waals surface area (Å²) in [6.45, 7) is 5.65. The molecule has 1 atom stereocenters. The normalized spacial score (nSPS) is 12.0. The average molecular weight is 314 g/mol. The van der Waals surface area contributed by atoms with Crippen LogP contribution in [0, 0.1) is 0 Å². The lowest BCUT2D eigenvalue weighted by molar-refractivity contribution is -0.187. The summed E-state index contributed by atoms with van der Waals surface area (Å²) in [5.41, 5.74) is 0. The standard InChI is InChI=1S/C18H34O4/c1-4-6-8-9-10-11-13-15-18(21-16(3)19)22-17(20)14-12-7-5-2/h18H,4-15H2,1-3H3. The van der Waals surface area contributed by atoms with Crippen molar-refractivity contribution >= 4 is 11.9 Å². The number of hydrogen-bond acceptors (Lipinski definition) is 4. The predicted molar refractivity (Wildman–Crippen MR) is 88.4 cm³/mol. The first kappa shape index (κ1) is 20.9. The lowest BCUT2D eigenvalue weighted by Gasteiger charge is -2.17. The second-order valence-corrected chi connectivity index (χ2v) is 5.90. The Morgan fingerprint density at radius 3 is 1.91 bits per heavy atom. The van der Waals surface area contributed by atoms with Crippen molar-refractivity contribution in [1.29, 1.82) is 0 Å². The highest BCUT2D eigenvalue weighted by atomic mass is 16.7. The van der Waals surface area contributed by atoms with E-state index in [-0.39, 0.29) is 5.97 Å². The minimum Gasteiger partial charge on any atom is -0.425 e. The van der Waals surface area contributed by atoms with Crippen molar-refractivity contribution in [3.8, 4) is 0 Å². The molecule has 0 aliphatic heterocycles. The monoisotopic (exact) mass is 314 g/mol. The maximum absolute atomic E-state index is 11.7. The Morgan fingerprint density at radius 1 is 0.773 bits per heavy atom. The maximum atomic E-state index is 11.7. The molecule has 0 aromatic heterocycles. The van der Waals surface area contributed by atoms with Crippen LogP contribution in [0.2, 0.25) is 0 Å². The van der Waals surface area contributed by atoms with Crippen LogP contribution in [0.25, 0.3) is 0 Å². The lowest BCUT2D eigenvalue weighted by atomic mass is 10.1. The molecule has 130 valence electrons. The van der Waals surface area contributed by atoms with Gasteiger partial charge in [-0.3, -0.25) is 9.59 Å². The van der Waals surface area contributed by atoms with E-state index in [0.29, 0.717) is 12.8 Å². The van der Waals surface area contributed by atoms with Gasteiger partial charge in [0, 0.05) is 19.8 Å². The zero-order valence-electron chi connectivity index (χ0n) is 14.7. The second-order valence-electron chi connectivity index (χ2n) is 5.90. The number of esters is 2. The number of carbonyl (C=O) groups excluding carboxylic acids is 2. The number of carbonyl (C=O) groups is 2. The van der Waals surface area contributed by atoms with Crippen LogP contribution >= 0.6 is 0 Å². The lowest BCUT2D eigenvalue weighted by Crippen LogP contribution is -2.23. The van der Waals surface area contributed by atoms with Crippen LogP contribution in [0.15, 0.2) is 0 Å². The van der Waals surface area contributed by atoms with Crippen molar-refractivity contribution < 1.29 is 19.1 Å². The molecule has 0 aliphatic rings. The Morgan fingerprint density at radius 2 is 1.32 bits per heavy atom. The van der Waals surface area contributed by atoms with E-state index in [4.69, 9.17) is 9.47 Å². The first-order chi connectivity index (χ1) is 10.6. The summed E-state index contributed by atoms with van der Waals surface area (Å²) in [4.78, 5) is 22.8. The van der Waals surface area contributed by atoms with Crippen LogP contribution in [0.5, 0.6) is 0 Å². The molecular weight excluding hydrogens is 280 g/mol. The van der Waals surface area contributed by atoms with E-state index < -0.39 is 12.3 Å². The van der Waals surface area contributed by atoms with E-state index in [9.17, 15) is 9.59 Å². The third-order valence-electron chi connectivity index (χ3n) is 3.59. The summed E-state index contributed by atoms with van der Waals surface area (Å²) >= 11 is 0. The van der Waals surface area contributed by atoms with Gasteiger partial charge in [0.2, 0.25) is 6.29 Å². The summed E-state index contributed by atoms with van der Waals surface area (Å²) in [5.74, 6) is -0.656. The van der Waals surface area contributed by atoms with Gasteiger partial charge < -0.3 is 9.47 Å². The second kappa shape index (κ2) is 14.9. The van der Waals surface area contributed by atoms with Crippen molar-refractivity contribution in [3.63, 3.8) is 0 Å². The Hall–Kier alpha value is -1.06. The van der Waals surface area contributed by atoms with E-state index in [1.165, 1.54) is 39.0 Å². The van der Waals surface area contributed by atoms with Gasteiger partial charge in [-0.1, -0.05) is 65.2 Å². The Balaban J connectivity index is 3.87. The number of hydrogen-bond donors (Lipinski definition) is 0. The number of unbranched alkanes of at least 4 members (excludes halogenated alkanes) is 8. The molecule has 0 N–H and O–H groups in total. The van der Waals surface area contributed by atoms with Crippen molar-refractivity contribution in [2.75, 3.05) is 0 Å². The fourth-order valence-electron chi connectivity index (χ4n) is 2.32. The minimum absolute atomic E-state index is 0.261. The molecule has 22 heavy (non-hydrogen) atoms. The van der Waals surface area contributed by atoms with Crippen LogP contribution in [-0.2, 0) is 19.1 Å². The topological polar surface area (TPSA) is 52.6 Å². The first-order valence-corrected chi connectivity index (χ1v) is 8.96. The van der Waals surface area contributed by atoms with Gasteiger partial charge in [-0.05, 0) is 12.8 Å². The van der Waals surface area contributed by atoms with Gasteiger partial charge in [-0.2, -0.15) is 0 Å². The summed E-state index contributed by atoms with van der Waals surface area (Å²) in [7, 11) is 0. The predicted octanol–water partition coefficient (Wildman–Crippen LogP) is 5.14. The molecule has 0 aromatic carbocycles. The molecule has 1 unspecified atom stereocenters. The van der Waals surface area contributed by atoms with Crippen LogP contribution in [0.1, 0.15) is 97.8 Å². The smallest absolute Gasteiger partial charge is 0.308 e. The molecular formula is C18H34O4.